The zero-order valence-electron chi connectivity index (χ0n) is 11.0. The molecule has 0 aliphatic heterocycles. The van der Waals surface area contributed by atoms with E-state index in [1.807, 2.05) is 0 Å². The van der Waals surface area contributed by atoms with Gasteiger partial charge in [-0.15, -0.1) is 0 Å². The van der Waals surface area contributed by atoms with Crippen molar-refractivity contribution in [1.29, 1.82) is 0 Å². The van der Waals surface area contributed by atoms with Crippen molar-refractivity contribution in [3.8, 4) is 0 Å². The minimum atomic E-state index is -0.925. The summed E-state index contributed by atoms with van der Waals surface area (Å²) in [6.45, 7) is 2.90. The molecule has 0 saturated heterocycles. The van der Waals surface area contributed by atoms with Crippen LogP contribution in [0.1, 0.15) is 18.1 Å². The fraction of sp³-hybridized carbons (Fsp3) is 0.385. The highest BCUT2D eigenvalue weighted by Gasteiger charge is 2.26. The lowest BCUT2D eigenvalue weighted by Gasteiger charge is -2.13. The van der Waals surface area contributed by atoms with Gasteiger partial charge in [0.1, 0.15) is 11.7 Å². The predicted octanol–water partition coefficient (Wildman–Crippen LogP) is 1.82. The summed E-state index contributed by atoms with van der Waals surface area (Å²) in [5.41, 5.74) is 1.03. The molecule has 0 heterocycles. The van der Waals surface area contributed by atoms with E-state index in [2.05, 4.69) is 4.74 Å². The van der Waals surface area contributed by atoms with Crippen LogP contribution in [-0.2, 0) is 20.7 Å². The Balaban J connectivity index is 3.10. The number of esters is 1. The molecule has 1 atom stereocenters. The molecule has 0 amide bonds. The molecule has 6 heteroatoms. The molecule has 1 unspecified atom stereocenters. The molecule has 0 saturated carbocycles. The molecule has 1 aromatic carbocycles. The number of ether oxygens (including phenoxy) is 1. The van der Waals surface area contributed by atoms with Crippen molar-refractivity contribution in [2.45, 2.75) is 20.3 Å². The summed E-state index contributed by atoms with van der Waals surface area (Å²) in [5, 5.41) is 10.8. The third-order valence-corrected chi connectivity index (χ3v) is 3.01. The summed E-state index contributed by atoms with van der Waals surface area (Å²) in [7, 11) is 1.21. The highest BCUT2D eigenvalue weighted by atomic mass is 16.6. The molecule has 0 aliphatic carbocycles. The highest BCUT2D eigenvalue weighted by Crippen LogP contribution is 2.23. The minimum absolute atomic E-state index is 0.0235. The van der Waals surface area contributed by atoms with Crippen LogP contribution in [0.3, 0.4) is 0 Å². The van der Waals surface area contributed by atoms with Crippen LogP contribution in [0.25, 0.3) is 0 Å². The molecule has 0 aromatic heterocycles. The summed E-state index contributed by atoms with van der Waals surface area (Å²) in [6.07, 6.45) is 0.107. The van der Waals surface area contributed by atoms with Crippen LogP contribution in [0, 0.1) is 23.0 Å². The molecular weight excluding hydrogens is 250 g/mol. The van der Waals surface area contributed by atoms with Gasteiger partial charge in [-0.2, -0.15) is 0 Å². The Kier molecular flexibility index (Phi) is 4.74. The van der Waals surface area contributed by atoms with Gasteiger partial charge in [-0.25, -0.2) is 0 Å². The number of Topliss-reactive ketones (excluding diaryl/α,β-unsaturated/α-hetero) is 1. The van der Waals surface area contributed by atoms with E-state index in [-0.39, 0.29) is 17.9 Å². The third kappa shape index (κ3) is 3.37. The Morgan fingerprint density at radius 3 is 2.53 bits per heavy atom. The van der Waals surface area contributed by atoms with Gasteiger partial charge in [-0.05, 0) is 25.8 Å². The van der Waals surface area contributed by atoms with Crippen molar-refractivity contribution in [2.24, 2.45) is 5.92 Å². The standard InChI is InChI=1S/C13H15NO5/c1-8-10(5-4-6-12(8)14(17)18)7-11(9(2)15)13(16)19-3/h4-6,11H,7H2,1-3H3. The van der Waals surface area contributed by atoms with Gasteiger partial charge in [0.2, 0.25) is 0 Å². The minimum Gasteiger partial charge on any atom is -0.468 e. The second-order valence-electron chi connectivity index (χ2n) is 4.21. The van der Waals surface area contributed by atoms with Crippen molar-refractivity contribution in [1.82, 2.24) is 0 Å². The number of nitro groups is 1. The lowest BCUT2D eigenvalue weighted by molar-refractivity contribution is -0.385. The van der Waals surface area contributed by atoms with Crippen molar-refractivity contribution >= 4 is 17.4 Å². The number of benzene rings is 1. The molecule has 0 bridgehead atoms. The lowest BCUT2D eigenvalue weighted by atomic mass is 9.93. The largest absolute Gasteiger partial charge is 0.468 e. The number of carbonyl (C=O) groups excluding carboxylic acids is 2. The number of hydrogen-bond donors (Lipinski definition) is 0. The first-order chi connectivity index (χ1) is 8.88. The van der Waals surface area contributed by atoms with Crippen molar-refractivity contribution in [2.75, 3.05) is 7.11 Å². The molecule has 1 rings (SSSR count). The summed E-state index contributed by atoms with van der Waals surface area (Å²) in [5.74, 6) is -1.87. The van der Waals surface area contributed by atoms with Gasteiger partial charge < -0.3 is 4.74 Å². The van der Waals surface area contributed by atoms with Crippen LogP contribution >= 0.6 is 0 Å². The predicted molar refractivity (Wildman–Crippen MR) is 67.7 cm³/mol. The maximum Gasteiger partial charge on any atom is 0.316 e. The molecule has 0 aliphatic rings. The summed E-state index contributed by atoms with van der Waals surface area (Å²) in [4.78, 5) is 33.3. The zero-order chi connectivity index (χ0) is 14.6. The summed E-state index contributed by atoms with van der Waals surface area (Å²) in [6, 6.07) is 4.59. The maximum absolute atomic E-state index is 11.5. The quantitative estimate of drug-likeness (QED) is 0.351. The normalized spacial score (nSPS) is 11.7. The van der Waals surface area contributed by atoms with Crippen LogP contribution in [-0.4, -0.2) is 23.8 Å². The van der Waals surface area contributed by atoms with Crippen molar-refractivity contribution in [3.63, 3.8) is 0 Å². The monoisotopic (exact) mass is 265 g/mol. The number of carbonyl (C=O) groups is 2. The smallest absolute Gasteiger partial charge is 0.316 e. The molecule has 0 radical (unpaired) electrons. The Labute approximate surface area is 110 Å². The first kappa shape index (κ1) is 14.8. The average Bonchev–Trinajstić information content (AvgIpc) is 2.35. The fourth-order valence-corrected chi connectivity index (χ4v) is 1.84. The zero-order valence-corrected chi connectivity index (χ0v) is 11.0. The molecular formula is C13H15NO5. The van der Waals surface area contributed by atoms with Gasteiger partial charge in [0, 0.05) is 11.6 Å². The molecule has 0 fully saturated rings. The van der Waals surface area contributed by atoms with E-state index in [4.69, 9.17) is 0 Å². The Hall–Kier alpha value is -2.24. The van der Waals surface area contributed by atoms with Crippen LogP contribution < -0.4 is 0 Å². The van der Waals surface area contributed by atoms with Gasteiger partial charge in [0.05, 0.1) is 12.0 Å². The number of ketones is 1. The van der Waals surface area contributed by atoms with Crippen LogP contribution in [0.15, 0.2) is 18.2 Å². The lowest BCUT2D eigenvalue weighted by Crippen LogP contribution is -2.25. The van der Waals surface area contributed by atoms with E-state index in [9.17, 15) is 19.7 Å². The van der Waals surface area contributed by atoms with Gasteiger partial charge in [-0.3, -0.25) is 19.7 Å². The molecule has 6 nitrogen and oxygen atoms in total. The molecule has 0 N–H and O–H groups in total. The number of nitrogens with zero attached hydrogens (tertiary/aromatic N) is 1. The highest BCUT2D eigenvalue weighted by molar-refractivity contribution is 5.98. The maximum atomic E-state index is 11.5. The molecule has 102 valence electrons. The topological polar surface area (TPSA) is 86.5 Å². The number of rotatable bonds is 5. The second kappa shape index (κ2) is 6.08. The number of nitro benzene ring substituents is 1. The van der Waals surface area contributed by atoms with E-state index >= 15 is 0 Å². The SMILES string of the molecule is COC(=O)C(Cc1cccc([N+](=O)[O-])c1C)C(C)=O. The summed E-state index contributed by atoms with van der Waals surface area (Å²) < 4.78 is 4.57. The van der Waals surface area contributed by atoms with E-state index in [0.717, 1.165) is 0 Å². The van der Waals surface area contributed by atoms with Crippen LogP contribution in [0.4, 0.5) is 5.69 Å². The third-order valence-electron chi connectivity index (χ3n) is 3.01. The number of hydrogen-bond acceptors (Lipinski definition) is 5. The van der Waals surface area contributed by atoms with Gasteiger partial charge in [-0.1, -0.05) is 12.1 Å². The first-order valence-electron chi connectivity index (χ1n) is 5.69. The van der Waals surface area contributed by atoms with Gasteiger partial charge in [0.25, 0.3) is 5.69 Å². The molecule has 0 spiro atoms. The average molecular weight is 265 g/mol. The van der Waals surface area contributed by atoms with Crippen LogP contribution in [0.5, 0.6) is 0 Å². The van der Waals surface area contributed by atoms with Crippen molar-refractivity contribution in [3.05, 3.63) is 39.4 Å². The second-order valence-corrected chi connectivity index (χ2v) is 4.21. The number of methoxy groups -OCH3 is 1. The Morgan fingerprint density at radius 2 is 2.05 bits per heavy atom. The Morgan fingerprint density at radius 1 is 1.42 bits per heavy atom. The van der Waals surface area contributed by atoms with E-state index < -0.39 is 16.8 Å². The van der Waals surface area contributed by atoms with Gasteiger partial charge in [0.15, 0.2) is 0 Å². The van der Waals surface area contributed by atoms with Crippen molar-refractivity contribution < 1.29 is 19.2 Å². The molecule has 1 aromatic rings. The van der Waals surface area contributed by atoms with Crippen LogP contribution in [0.2, 0.25) is 0 Å². The van der Waals surface area contributed by atoms with E-state index in [0.29, 0.717) is 11.1 Å². The first-order valence-corrected chi connectivity index (χ1v) is 5.69. The van der Waals surface area contributed by atoms with E-state index in [1.54, 1.807) is 13.0 Å². The van der Waals surface area contributed by atoms with Gasteiger partial charge >= 0.3 is 5.97 Å². The summed E-state index contributed by atoms with van der Waals surface area (Å²) >= 11 is 0. The fourth-order valence-electron chi connectivity index (χ4n) is 1.84. The molecule has 19 heavy (non-hydrogen) atoms. The van der Waals surface area contributed by atoms with E-state index in [1.165, 1.54) is 26.2 Å². The Bertz CT molecular complexity index is 524.